The molecule has 100 valence electrons. The summed E-state index contributed by atoms with van der Waals surface area (Å²) in [5.74, 6) is 0. The Balaban J connectivity index is 5.17. The average Bonchev–Trinajstić information content (AvgIpc) is 2.27. The highest BCUT2D eigenvalue weighted by Crippen LogP contribution is 2.18. The van der Waals surface area contributed by atoms with Crippen LogP contribution in [-0.4, -0.2) is 61.3 Å². The monoisotopic (exact) mass is 240 g/mol. The van der Waals surface area contributed by atoms with Crippen molar-refractivity contribution in [2.75, 3.05) is 28.2 Å². The predicted octanol–water partition coefficient (Wildman–Crippen LogP) is 1.80. The molecule has 17 heavy (non-hydrogen) atoms. The van der Waals surface area contributed by atoms with Crippen LogP contribution in [0.3, 0.4) is 0 Å². The van der Waals surface area contributed by atoms with E-state index >= 15 is 0 Å². The van der Waals surface area contributed by atoms with Crippen LogP contribution in [0.15, 0.2) is 0 Å². The van der Waals surface area contributed by atoms with E-state index in [4.69, 9.17) is 0 Å². The second-order valence-corrected chi connectivity index (χ2v) is 4.96. The molecule has 4 heteroatoms. The first kappa shape index (κ1) is 16.4. The van der Waals surface area contributed by atoms with E-state index in [1.165, 1.54) is 0 Å². The lowest BCUT2D eigenvalue weighted by Crippen LogP contribution is -2.57. The van der Waals surface area contributed by atoms with Crippen LogP contribution in [0, 0.1) is 11.3 Å². The maximum atomic E-state index is 9.23. The van der Waals surface area contributed by atoms with Crippen molar-refractivity contribution in [3.63, 3.8) is 0 Å². The quantitative estimate of drug-likeness (QED) is 0.635. The highest BCUT2D eigenvalue weighted by atomic mass is 15.4. The summed E-state index contributed by atoms with van der Waals surface area (Å²) in [6.45, 7) is 6.33. The third kappa shape index (κ3) is 4.27. The Labute approximate surface area is 107 Å². The van der Waals surface area contributed by atoms with E-state index in [-0.39, 0.29) is 6.04 Å². The summed E-state index contributed by atoms with van der Waals surface area (Å²) < 4.78 is 0. The molecule has 0 N–H and O–H groups in total. The summed E-state index contributed by atoms with van der Waals surface area (Å²) in [5.41, 5.74) is 0. The van der Waals surface area contributed by atoms with Gasteiger partial charge in [-0.3, -0.25) is 14.7 Å². The molecule has 0 amide bonds. The van der Waals surface area contributed by atoms with Crippen molar-refractivity contribution in [2.45, 2.75) is 52.0 Å². The van der Waals surface area contributed by atoms with Crippen molar-refractivity contribution in [3.05, 3.63) is 0 Å². The maximum absolute atomic E-state index is 9.23. The first-order valence-electron chi connectivity index (χ1n) is 6.40. The average molecular weight is 240 g/mol. The summed E-state index contributed by atoms with van der Waals surface area (Å²) in [4.78, 5) is 6.69. The minimum atomic E-state index is -0.0744. The Morgan fingerprint density at radius 2 is 1.29 bits per heavy atom. The van der Waals surface area contributed by atoms with Crippen molar-refractivity contribution >= 4 is 0 Å². The van der Waals surface area contributed by atoms with Crippen LogP contribution in [0.2, 0.25) is 0 Å². The lowest BCUT2D eigenvalue weighted by atomic mass is 10.1. The fourth-order valence-electron chi connectivity index (χ4n) is 2.47. The molecule has 0 bridgehead atoms. The molecule has 0 aromatic rings. The molecule has 0 radical (unpaired) electrons. The summed E-state index contributed by atoms with van der Waals surface area (Å²) >= 11 is 0. The standard InChI is InChI=1S/C13H28N4/c1-8-12(15(4)5)17(11(3)10-14)13(9-2)16(6)7/h11-13H,8-9H2,1-7H3. The first-order chi connectivity index (χ1) is 7.90. The molecule has 0 saturated heterocycles. The molecule has 0 saturated carbocycles. The van der Waals surface area contributed by atoms with Crippen LogP contribution >= 0.6 is 0 Å². The van der Waals surface area contributed by atoms with Gasteiger partial charge >= 0.3 is 0 Å². The largest absolute Gasteiger partial charge is 0.294 e. The van der Waals surface area contributed by atoms with Crippen LogP contribution in [-0.2, 0) is 0 Å². The van der Waals surface area contributed by atoms with E-state index in [2.05, 4.69) is 62.8 Å². The van der Waals surface area contributed by atoms with Gasteiger partial charge in [0, 0.05) is 0 Å². The zero-order valence-electron chi connectivity index (χ0n) is 12.4. The van der Waals surface area contributed by atoms with E-state index in [1.54, 1.807) is 0 Å². The third-order valence-corrected chi connectivity index (χ3v) is 3.24. The Morgan fingerprint density at radius 3 is 1.47 bits per heavy atom. The molecule has 0 fully saturated rings. The Bertz CT molecular complexity index is 228. The minimum Gasteiger partial charge on any atom is -0.294 e. The van der Waals surface area contributed by atoms with Crippen molar-refractivity contribution in [3.8, 4) is 6.07 Å². The summed E-state index contributed by atoms with van der Waals surface area (Å²) in [5, 5.41) is 9.23. The normalized spacial score (nSPS) is 17.2. The molecule has 0 aromatic heterocycles. The van der Waals surface area contributed by atoms with Crippen LogP contribution < -0.4 is 0 Å². The predicted molar refractivity (Wildman–Crippen MR) is 72.4 cm³/mol. The Kier molecular flexibility index (Phi) is 7.37. The topological polar surface area (TPSA) is 33.5 Å². The van der Waals surface area contributed by atoms with E-state index in [0.717, 1.165) is 12.8 Å². The number of hydrogen-bond acceptors (Lipinski definition) is 4. The molecular weight excluding hydrogens is 212 g/mol. The number of nitriles is 1. The smallest absolute Gasteiger partial charge is 0.0974 e. The van der Waals surface area contributed by atoms with Gasteiger partial charge in [-0.1, -0.05) is 13.8 Å². The SMILES string of the molecule is CCC(N(C)C)N(C(C)C#N)C(CC)N(C)C. The maximum Gasteiger partial charge on any atom is 0.0974 e. The molecule has 3 atom stereocenters. The van der Waals surface area contributed by atoms with Gasteiger partial charge in [0.15, 0.2) is 0 Å². The third-order valence-electron chi connectivity index (χ3n) is 3.24. The van der Waals surface area contributed by atoms with Gasteiger partial charge in [0.25, 0.3) is 0 Å². The summed E-state index contributed by atoms with van der Waals surface area (Å²) in [6.07, 6.45) is 2.64. The fraction of sp³-hybridized carbons (Fsp3) is 0.923. The molecule has 0 aliphatic carbocycles. The van der Waals surface area contributed by atoms with Gasteiger partial charge in [0.2, 0.25) is 0 Å². The van der Waals surface area contributed by atoms with Gasteiger partial charge < -0.3 is 0 Å². The molecule has 0 aliphatic rings. The molecule has 0 heterocycles. The molecule has 0 spiro atoms. The van der Waals surface area contributed by atoms with E-state index < -0.39 is 0 Å². The van der Waals surface area contributed by atoms with Gasteiger partial charge in [-0.05, 0) is 48.0 Å². The van der Waals surface area contributed by atoms with Gasteiger partial charge in [-0.2, -0.15) is 5.26 Å². The summed E-state index contributed by atoms with van der Waals surface area (Å²) in [7, 11) is 8.31. The highest BCUT2D eigenvalue weighted by molar-refractivity contribution is 4.93. The van der Waals surface area contributed by atoms with Crippen molar-refractivity contribution in [1.82, 2.24) is 14.7 Å². The lowest BCUT2D eigenvalue weighted by molar-refractivity contribution is -0.0322. The van der Waals surface area contributed by atoms with Crippen LogP contribution in [0.25, 0.3) is 0 Å². The van der Waals surface area contributed by atoms with E-state index in [0.29, 0.717) is 12.3 Å². The van der Waals surface area contributed by atoms with Gasteiger partial charge in [-0.15, -0.1) is 0 Å². The minimum absolute atomic E-state index is 0.0744. The first-order valence-corrected chi connectivity index (χ1v) is 6.40. The second kappa shape index (κ2) is 7.65. The number of rotatable bonds is 7. The zero-order chi connectivity index (χ0) is 13.6. The van der Waals surface area contributed by atoms with Crippen LogP contribution in [0.5, 0.6) is 0 Å². The molecule has 0 rings (SSSR count). The van der Waals surface area contributed by atoms with Gasteiger partial charge in [0.05, 0.1) is 24.4 Å². The Morgan fingerprint density at radius 1 is 0.941 bits per heavy atom. The van der Waals surface area contributed by atoms with Gasteiger partial charge in [0.1, 0.15) is 0 Å². The molecule has 4 nitrogen and oxygen atoms in total. The molecular formula is C13H28N4. The second-order valence-electron chi connectivity index (χ2n) is 4.96. The summed E-state index contributed by atoms with van der Waals surface area (Å²) in [6, 6.07) is 2.30. The number of nitrogens with zero attached hydrogens (tertiary/aromatic N) is 4. The molecule has 3 unspecified atom stereocenters. The fourth-order valence-corrected chi connectivity index (χ4v) is 2.47. The lowest BCUT2D eigenvalue weighted by Gasteiger charge is -2.44. The van der Waals surface area contributed by atoms with Crippen molar-refractivity contribution in [2.24, 2.45) is 0 Å². The van der Waals surface area contributed by atoms with E-state index in [9.17, 15) is 5.26 Å². The van der Waals surface area contributed by atoms with Crippen LogP contribution in [0.4, 0.5) is 0 Å². The zero-order valence-corrected chi connectivity index (χ0v) is 12.4. The van der Waals surface area contributed by atoms with Crippen molar-refractivity contribution in [1.29, 1.82) is 5.26 Å². The molecule has 0 aromatic carbocycles. The number of hydrogen-bond donors (Lipinski definition) is 0. The molecule has 0 aliphatic heterocycles. The van der Waals surface area contributed by atoms with Crippen LogP contribution in [0.1, 0.15) is 33.6 Å². The highest BCUT2D eigenvalue weighted by Gasteiger charge is 2.31. The Hall–Kier alpha value is -0.630. The van der Waals surface area contributed by atoms with Gasteiger partial charge in [-0.25, -0.2) is 0 Å². The van der Waals surface area contributed by atoms with Crippen molar-refractivity contribution < 1.29 is 0 Å². The van der Waals surface area contributed by atoms with E-state index in [1.807, 2.05) is 6.92 Å².